The fourth-order valence-electron chi connectivity index (χ4n) is 1.84. The summed E-state index contributed by atoms with van der Waals surface area (Å²) in [4.78, 5) is 24.8. The van der Waals surface area contributed by atoms with E-state index in [0.717, 1.165) is 11.3 Å². The Morgan fingerprint density at radius 2 is 1.78 bits per heavy atom. The standard InChI is InChI=1S/C10H14N4O3S/c11-6-5(8(12)15)10(18-7(6)9(13)16)14-1-3-17-4-2-14/h1-4,11H2,(H2,12,15)(H2,13,16). The number of anilines is 2. The van der Waals surface area contributed by atoms with Crippen molar-refractivity contribution in [3.05, 3.63) is 10.4 Å². The number of hydrogen-bond acceptors (Lipinski definition) is 6. The van der Waals surface area contributed by atoms with Gasteiger partial charge in [-0.15, -0.1) is 11.3 Å². The van der Waals surface area contributed by atoms with Crippen LogP contribution >= 0.6 is 11.3 Å². The second-order valence-electron chi connectivity index (χ2n) is 3.85. The molecular weight excluding hydrogens is 256 g/mol. The van der Waals surface area contributed by atoms with Crippen LogP contribution in [0.5, 0.6) is 0 Å². The molecular formula is C10H14N4O3S. The third kappa shape index (κ3) is 2.12. The van der Waals surface area contributed by atoms with Crippen LogP contribution in [0.3, 0.4) is 0 Å². The Hall–Kier alpha value is -1.80. The molecule has 8 heteroatoms. The monoisotopic (exact) mass is 270 g/mol. The molecule has 98 valence electrons. The van der Waals surface area contributed by atoms with Crippen molar-refractivity contribution in [2.24, 2.45) is 11.5 Å². The number of morpholine rings is 1. The van der Waals surface area contributed by atoms with Gasteiger partial charge in [0.15, 0.2) is 0 Å². The highest BCUT2D eigenvalue weighted by Crippen LogP contribution is 2.38. The van der Waals surface area contributed by atoms with Gasteiger partial charge in [-0.25, -0.2) is 0 Å². The van der Waals surface area contributed by atoms with Gasteiger partial charge in [0.2, 0.25) is 0 Å². The van der Waals surface area contributed by atoms with E-state index >= 15 is 0 Å². The largest absolute Gasteiger partial charge is 0.397 e. The predicted octanol–water partition coefficient (Wildman–Crippen LogP) is -0.635. The van der Waals surface area contributed by atoms with Crippen molar-refractivity contribution < 1.29 is 14.3 Å². The summed E-state index contributed by atoms with van der Waals surface area (Å²) in [5.74, 6) is -1.31. The fourth-order valence-corrected chi connectivity index (χ4v) is 2.97. The van der Waals surface area contributed by atoms with E-state index in [-0.39, 0.29) is 16.1 Å². The van der Waals surface area contributed by atoms with Crippen LogP contribution in [0.2, 0.25) is 0 Å². The summed E-state index contributed by atoms with van der Waals surface area (Å²) in [6.45, 7) is 2.36. The Morgan fingerprint density at radius 3 is 2.28 bits per heavy atom. The van der Waals surface area contributed by atoms with Gasteiger partial charge in [-0.2, -0.15) is 0 Å². The van der Waals surface area contributed by atoms with Crippen LogP contribution in [0.4, 0.5) is 10.7 Å². The molecule has 0 bridgehead atoms. The number of nitrogens with zero attached hydrogens (tertiary/aromatic N) is 1. The Balaban J connectivity index is 2.47. The normalized spacial score (nSPS) is 15.7. The molecule has 1 saturated heterocycles. The lowest BCUT2D eigenvalue weighted by atomic mass is 10.2. The molecule has 1 aliphatic rings. The van der Waals surface area contributed by atoms with Crippen LogP contribution < -0.4 is 22.1 Å². The summed E-state index contributed by atoms with van der Waals surface area (Å²) in [5.41, 5.74) is 16.5. The maximum absolute atomic E-state index is 11.5. The van der Waals surface area contributed by atoms with Crippen LogP contribution in [0, 0.1) is 0 Å². The van der Waals surface area contributed by atoms with Gasteiger partial charge in [0.1, 0.15) is 9.88 Å². The van der Waals surface area contributed by atoms with E-state index in [1.807, 2.05) is 4.90 Å². The third-order valence-electron chi connectivity index (χ3n) is 2.70. The van der Waals surface area contributed by atoms with E-state index in [1.54, 1.807) is 0 Å². The van der Waals surface area contributed by atoms with Crippen LogP contribution in [0.1, 0.15) is 20.0 Å². The van der Waals surface area contributed by atoms with Gasteiger partial charge in [-0.3, -0.25) is 9.59 Å². The van der Waals surface area contributed by atoms with Gasteiger partial charge in [0, 0.05) is 13.1 Å². The van der Waals surface area contributed by atoms with E-state index in [0.29, 0.717) is 31.3 Å². The van der Waals surface area contributed by atoms with Crippen molar-refractivity contribution in [1.29, 1.82) is 0 Å². The first kappa shape index (κ1) is 12.7. The van der Waals surface area contributed by atoms with E-state index in [9.17, 15) is 9.59 Å². The van der Waals surface area contributed by atoms with Crippen LogP contribution in [-0.2, 0) is 4.74 Å². The molecule has 1 aromatic rings. The number of hydrogen-bond donors (Lipinski definition) is 3. The Labute approximate surface area is 107 Å². The first-order valence-corrected chi connectivity index (χ1v) is 6.18. The van der Waals surface area contributed by atoms with E-state index in [1.165, 1.54) is 0 Å². The SMILES string of the molecule is NC(=O)c1sc(N2CCOCC2)c(C(N)=O)c1N. The van der Waals surface area contributed by atoms with Crippen molar-refractivity contribution in [3.63, 3.8) is 0 Å². The molecule has 0 radical (unpaired) electrons. The highest BCUT2D eigenvalue weighted by atomic mass is 32.1. The first-order valence-electron chi connectivity index (χ1n) is 5.37. The number of carbonyl (C=O) groups excluding carboxylic acids is 2. The van der Waals surface area contributed by atoms with Gasteiger partial charge >= 0.3 is 0 Å². The summed E-state index contributed by atoms with van der Waals surface area (Å²) >= 11 is 1.10. The molecule has 0 saturated carbocycles. The first-order chi connectivity index (χ1) is 8.52. The molecule has 0 atom stereocenters. The van der Waals surface area contributed by atoms with Gasteiger partial charge in [-0.1, -0.05) is 0 Å². The number of primary amides is 2. The van der Waals surface area contributed by atoms with Crippen molar-refractivity contribution in [2.75, 3.05) is 36.9 Å². The fraction of sp³-hybridized carbons (Fsp3) is 0.400. The number of nitrogen functional groups attached to an aromatic ring is 1. The Kier molecular flexibility index (Phi) is 3.39. The molecule has 0 aromatic carbocycles. The zero-order valence-electron chi connectivity index (χ0n) is 9.64. The quantitative estimate of drug-likeness (QED) is 0.674. The molecule has 1 aliphatic heterocycles. The second kappa shape index (κ2) is 4.83. The molecule has 7 nitrogen and oxygen atoms in total. The summed E-state index contributed by atoms with van der Waals surface area (Å²) in [6.07, 6.45) is 0. The van der Waals surface area contributed by atoms with Gasteiger partial charge < -0.3 is 26.8 Å². The number of thiophene rings is 1. The van der Waals surface area contributed by atoms with Crippen molar-refractivity contribution >= 4 is 33.8 Å². The van der Waals surface area contributed by atoms with Gasteiger partial charge in [0.05, 0.1) is 24.5 Å². The zero-order chi connectivity index (χ0) is 13.3. The molecule has 0 aliphatic carbocycles. The zero-order valence-corrected chi connectivity index (χ0v) is 10.5. The van der Waals surface area contributed by atoms with Crippen molar-refractivity contribution in [3.8, 4) is 0 Å². The highest BCUT2D eigenvalue weighted by molar-refractivity contribution is 7.19. The lowest BCUT2D eigenvalue weighted by molar-refractivity contribution is 0.0998. The molecule has 0 spiro atoms. The number of ether oxygens (including phenoxy) is 1. The smallest absolute Gasteiger partial charge is 0.260 e. The van der Waals surface area contributed by atoms with Gasteiger partial charge in [-0.05, 0) is 0 Å². The van der Waals surface area contributed by atoms with Crippen LogP contribution in [0.25, 0.3) is 0 Å². The summed E-state index contributed by atoms with van der Waals surface area (Å²) in [7, 11) is 0. The van der Waals surface area contributed by atoms with Crippen molar-refractivity contribution in [2.45, 2.75) is 0 Å². The molecule has 1 aromatic heterocycles. The third-order valence-corrected chi connectivity index (χ3v) is 3.98. The minimum atomic E-state index is -0.655. The second-order valence-corrected chi connectivity index (χ2v) is 4.85. The lowest BCUT2D eigenvalue weighted by Gasteiger charge is -2.28. The molecule has 6 N–H and O–H groups in total. The number of carbonyl (C=O) groups is 2. The summed E-state index contributed by atoms with van der Waals surface area (Å²) in [6, 6.07) is 0. The highest BCUT2D eigenvalue weighted by Gasteiger charge is 2.27. The van der Waals surface area contributed by atoms with E-state index in [4.69, 9.17) is 21.9 Å². The predicted molar refractivity (Wildman–Crippen MR) is 68.8 cm³/mol. The Bertz CT molecular complexity index is 494. The van der Waals surface area contributed by atoms with Crippen LogP contribution in [0.15, 0.2) is 0 Å². The van der Waals surface area contributed by atoms with Crippen molar-refractivity contribution in [1.82, 2.24) is 0 Å². The average Bonchev–Trinajstić information content (AvgIpc) is 2.68. The van der Waals surface area contributed by atoms with E-state index in [2.05, 4.69) is 0 Å². The minimum absolute atomic E-state index is 0.0708. The maximum Gasteiger partial charge on any atom is 0.260 e. The molecule has 2 heterocycles. The molecule has 1 fully saturated rings. The number of nitrogens with two attached hydrogens (primary N) is 3. The number of rotatable bonds is 3. The van der Waals surface area contributed by atoms with Crippen LogP contribution in [-0.4, -0.2) is 38.1 Å². The summed E-state index contributed by atoms with van der Waals surface area (Å²) in [5, 5.41) is 0.595. The average molecular weight is 270 g/mol. The molecule has 18 heavy (non-hydrogen) atoms. The maximum atomic E-state index is 11.5. The minimum Gasteiger partial charge on any atom is -0.397 e. The Morgan fingerprint density at radius 1 is 1.17 bits per heavy atom. The number of amides is 2. The summed E-state index contributed by atoms with van der Waals surface area (Å²) < 4.78 is 5.23. The van der Waals surface area contributed by atoms with E-state index < -0.39 is 11.8 Å². The molecule has 2 rings (SSSR count). The lowest BCUT2D eigenvalue weighted by Crippen LogP contribution is -2.36. The topological polar surface area (TPSA) is 125 Å². The molecule has 0 unspecified atom stereocenters. The van der Waals surface area contributed by atoms with Gasteiger partial charge in [0.25, 0.3) is 11.8 Å². The molecule has 2 amide bonds.